The summed E-state index contributed by atoms with van der Waals surface area (Å²) in [7, 11) is -4.50. The number of hydrogen-bond acceptors (Lipinski definition) is 4. The van der Waals surface area contributed by atoms with Gasteiger partial charge in [0.25, 0.3) is 0 Å². The van der Waals surface area contributed by atoms with Gasteiger partial charge in [-0.25, -0.2) is 5.06 Å². The molecule has 0 bridgehead atoms. The highest BCUT2D eigenvalue weighted by Crippen LogP contribution is 2.43. The molecule has 7 nitrogen and oxygen atoms in total. The minimum absolute atomic E-state index is 0.185. The van der Waals surface area contributed by atoms with Gasteiger partial charge in [-0.1, -0.05) is 18.2 Å². The summed E-state index contributed by atoms with van der Waals surface area (Å²) in [6.45, 7) is 0.919. The zero-order chi connectivity index (χ0) is 14.5. The highest BCUT2D eigenvalue weighted by Gasteiger charge is 2.31. The van der Waals surface area contributed by atoms with Crippen molar-refractivity contribution in [3.05, 3.63) is 30.3 Å². The minimum Gasteiger partial charge on any atom is -0.478 e. The number of para-hydroxylation sites is 1. The predicted molar refractivity (Wildman–Crippen MR) is 66.7 cm³/mol. The summed E-state index contributed by atoms with van der Waals surface area (Å²) in [6, 6.07) is 8.19. The standard InChI is InChI=1S/C11H16NO6P/c1-9(13)12(14)8-7-11(19(15,16)17)18-10-5-3-2-4-6-10/h2-6,11,14H,7-8H2,1H3,(H2,15,16,17). The Kier molecular flexibility index (Phi) is 5.50. The molecule has 1 atom stereocenters. The summed E-state index contributed by atoms with van der Waals surface area (Å²) < 4.78 is 16.5. The Morgan fingerprint density at radius 3 is 2.42 bits per heavy atom. The van der Waals surface area contributed by atoms with E-state index >= 15 is 0 Å². The van der Waals surface area contributed by atoms with Crippen LogP contribution in [-0.2, 0) is 9.36 Å². The first kappa shape index (κ1) is 15.7. The average molecular weight is 289 g/mol. The lowest BCUT2D eigenvalue weighted by Crippen LogP contribution is -2.30. The smallest absolute Gasteiger partial charge is 0.365 e. The molecule has 0 aliphatic rings. The van der Waals surface area contributed by atoms with E-state index in [-0.39, 0.29) is 13.0 Å². The number of carbonyl (C=O) groups excluding carboxylic acids is 1. The first-order valence-electron chi connectivity index (χ1n) is 5.54. The summed E-state index contributed by atoms with van der Waals surface area (Å²) in [5.74, 6) is -1.71. The molecule has 0 aliphatic heterocycles. The molecule has 1 amide bonds. The number of nitrogens with zero attached hydrogens (tertiary/aromatic N) is 1. The second-order valence-corrected chi connectivity index (χ2v) is 5.66. The van der Waals surface area contributed by atoms with Crippen LogP contribution >= 0.6 is 7.60 Å². The number of carbonyl (C=O) groups is 1. The van der Waals surface area contributed by atoms with Gasteiger partial charge in [-0.2, -0.15) is 0 Å². The second-order valence-electron chi connectivity index (χ2n) is 3.91. The second kappa shape index (κ2) is 6.68. The summed E-state index contributed by atoms with van der Waals surface area (Å²) in [4.78, 5) is 29.2. The van der Waals surface area contributed by atoms with Gasteiger partial charge in [0.15, 0.2) is 0 Å². The Hall–Kier alpha value is -1.40. The van der Waals surface area contributed by atoms with Gasteiger partial charge in [0.1, 0.15) is 5.75 Å². The van der Waals surface area contributed by atoms with Gasteiger partial charge in [-0.05, 0) is 12.1 Å². The Balaban J connectivity index is 2.69. The first-order chi connectivity index (χ1) is 8.80. The largest absolute Gasteiger partial charge is 0.478 e. The van der Waals surface area contributed by atoms with Crippen LogP contribution in [0.15, 0.2) is 30.3 Å². The molecule has 1 rings (SSSR count). The first-order valence-corrected chi connectivity index (χ1v) is 7.23. The molecule has 3 N–H and O–H groups in total. The third kappa shape index (κ3) is 5.40. The molecule has 1 aromatic rings. The average Bonchev–Trinajstić information content (AvgIpc) is 2.33. The van der Waals surface area contributed by atoms with Crippen molar-refractivity contribution >= 4 is 13.5 Å². The van der Waals surface area contributed by atoms with E-state index < -0.39 is 19.3 Å². The van der Waals surface area contributed by atoms with Crippen molar-refractivity contribution in [1.82, 2.24) is 5.06 Å². The van der Waals surface area contributed by atoms with Crippen LogP contribution in [0.25, 0.3) is 0 Å². The van der Waals surface area contributed by atoms with Gasteiger partial charge in [0, 0.05) is 13.3 Å². The van der Waals surface area contributed by atoms with Crippen molar-refractivity contribution in [3.63, 3.8) is 0 Å². The molecule has 0 saturated heterocycles. The normalized spacial score (nSPS) is 12.8. The molecule has 106 valence electrons. The maximum absolute atomic E-state index is 11.3. The fourth-order valence-corrected chi connectivity index (χ4v) is 2.05. The van der Waals surface area contributed by atoms with Crippen LogP contribution in [-0.4, -0.2) is 38.4 Å². The number of hydrogen-bond donors (Lipinski definition) is 3. The summed E-state index contributed by atoms with van der Waals surface area (Å²) in [5.41, 5.74) is 0. The monoisotopic (exact) mass is 289 g/mol. The molecular weight excluding hydrogens is 273 g/mol. The summed E-state index contributed by atoms with van der Waals surface area (Å²) >= 11 is 0. The van der Waals surface area contributed by atoms with Gasteiger partial charge in [-0.15, -0.1) is 0 Å². The molecular formula is C11H16NO6P. The Morgan fingerprint density at radius 1 is 1.37 bits per heavy atom. The molecule has 0 aliphatic carbocycles. The minimum atomic E-state index is -4.50. The highest BCUT2D eigenvalue weighted by molar-refractivity contribution is 7.52. The summed E-state index contributed by atoms with van der Waals surface area (Å²) in [6.07, 6.45) is -0.185. The SMILES string of the molecule is CC(=O)N(O)CCC(Oc1ccccc1)P(=O)(O)O. The molecule has 0 heterocycles. The van der Waals surface area contributed by atoms with E-state index in [9.17, 15) is 24.4 Å². The van der Waals surface area contributed by atoms with Crippen LogP contribution in [0.3, 0.4) is 0 Å². The maximum Gasteiger partial charge on any atom is 0.365 e. The van der Waals surface area contributed by atoms with E-state index in [1.807, 2.05) is 0 Å². The van der Waals surface area contributed by atoms with Gasteiger partial charge in [-0.3, -0.25) is 14.6 Å². The van der Waals surface area contributed by atoms with Crippen LogP contribution < -0.4 is 4.74 Å². The molecule has 0 aromatic heterocycles. The molecule has 1 aromatic carbocycles. The third-order valence-corrected chi connectivity index (χ3v) is 3.46. The molecule has 0 radical (unpaired) electrons. The predicted octanol–water partition coefficient (Wildman–Crippen LogP) is 1.20. The van der Waals surface area contributed by atoms with Crippen LogP contribution in [0, 0.1) is 0 Å². The van der Waals surface area contributed by atoms with Gasteiger partial charge in [0.05, 0.1) is 6.54 Å². The van der Waals surface area contributed by atoms with Gasteiger partial charge in [0.2, 0.25) is 11.8 Å². The fourth-order valence-electron chi connectivity index (χ4n) is 1.34. The Morgan fingerprint density at radius 2 is 1.95 bits per heavy atom. The summed E-state index contributed by atoms with van der Waals surface area (Å²) in [5, 5.41) is 9.57. The lowest BCUT2D eigenvalue weighted by atomic mass is 10.3. The van der Waals surface area contributed by atoms with Crippen LogP contribution in [0.4, 0.5) is 0 Å². The van der Waals surface area contributed by atoms with Gasteiger partial charge < -0.3 is 14.5 Å². The quantitative estimate of drug-likeness (QED) is 0.412. The van der Waals surface area contributed by atoms with Gasteiger partial charge >= 0.3 is 7.60 Å². The molecule has 0 saturated carbocycles. The van der Waals surface area contributed by atoms with Crippen molar-refractivity contribution in [2.24, 2.45) is 0 Å². The zero-order valence-corrected chi connectivity index (χ0v) is 11.2. The van der Waals surface area contributed by atoms with E-state index in [0.717, 1.165) is 6.92 Å². The number of rotatable bonds is 6. The fraction of sp³-hybridized carbons (Fsp3) is 0.364. The molecule has 0 spiro atoms. The highest BCUT2D eigenvalue weighted by atomic mass is 31.2. The Bertz CT molecular complexity index is 460. The van der Waals surface area contributed by atoms with Crippen LogP contribution in [0.5, 0.6) is 5.75 Å². The van der Waals surface area contributed by atoms with Crippen LogP contribution in [0.2, 0.25) is 0 Å². The number of amides is 1. The van der Waals surface area contributed by atoms with Crippen molar-refractivity contribution in [3.8, 4) is 5.75 Å². The lowest BCUT2D eigenvalue weighted by molar-refractivity contribution is -0.163. The number of hydroxylamine groups is 2. The molecule has 19 heavy (non-hydrogen) atoms. The lowest BCUT2D eigenvalue weighted by Gasteiger charge is -2.22. The van der Waals surface area contributed by atoms with Crippen molar-refractivity contribution in [2.45, 2.75) is 19.2 Å². The van der Waals surface area contributed by atoms with E-state index in [0.29, 0.717) is 10.8 Å². The third-order valence-electron chi connectivity index (χ3n) is 2.34. The van der Waals surface area contributed by atoms with E-state index in [1.165, 1.54) is 0 Å². The van der Waals surface area contributed by atoms with Crippen molar-refractivity contribution < 1.29 is 29.1 Å². The topological polar surface area (TPSA) is 107 Å². The number of ether oxygens (including phenoxy) is 1. The van der Waals surface area contributed by atoms with E-state index in [4.69, 9.17) is 4.74 Å². The van der Waals surface area contributed by atoms with Crippen molar-refractivity contribution in [2.75, 3.05) is 6.54 Å². The number of benzene rings is 1. The molecule has 8 heteroatoms. The zero-order valence-electron chi connectivity index (χ0n) is 10.3. The molecule has 0 fully saturated rings. The molecule has 1 unspecified atom stereocenters. The van der Waals surface area contributed by atoms with E-state index in [2.05, 4.69) is 0 Å². The van der Waals surface area contributed by atoms with Crippen LogP contribution in [0.1, 0.15) is 13.3 Å². The Labute approximate surface area is 110 Å². The van der Waals surface area contributed by atoms with Crippen molar-refractivity contribution in [1.29, 1.82) is 0 Å². The van der Waals surface area contributed by atoms with E-state index in [1.54, 1.807) is 30.3 Å². The maximum atomic E-state index is 11.3.